The van der Waals surface area contributed by atoms with Crippen LogP contribution >= 0.6 is 0 Å². The fourth-order valence-electron chi connectivity index (χ4n) is 2.85. The average molecular weight is 417 g/mol. The molecular formula is C24H23N3O4. The van der Waals surface area contributed by atoms with Crippen LogP contribution in [0.3, 0.4) is 0 Å². The van der Waals surface area contributed by atoms with E-state index in [-0.39, 0.29) is 11.8 Å². The number of benzene rings is 3. The van der Waals surface area contributed by atoms with Crippen LogP contribution in [0, 0.1) is 0 Å². The third-order valence-electron chi connectivity index (χ3n) is 4.56. The number of carbonyl (C=O) groups is 2. The molecule has 0 fully saturated rings. The van der Waals surface area contributed by atoms with E-state index in [4.69, 9.17) is 9.47 Å². The van der Waals surface area contributed by atoms with Crippen molar-refractivity contribution in [2.45, 2.75) is 6.92 Å². The average Bonchev–Trinajstić information content (AvgIpc) is 2.82. The zero-order valence-corrected chi connectivity index (χ0v) is 17.5. The van der Waals surface area contributed by atoms with E-state index in [9.17, 15) is 9.59 Å². The van der Waals surface area contributed by atoms with Crippen LogP contribution in [0.5, 0.6) is 11.5 Å². The van der Waals surface area contributed by atoms with E-state index in [0.29, 0.717) is 34.0 Å². The Labute approximate surface area is 180 Å². The Morgan fingerprint density at radius 1 is 0.806 bits per heavy atom. The molecule has 7 heteroatoms. The lowest BCUT2D eigenvalue weighted by Gasteiger charge is -2.10. The predicted octanol–water partition coefficient (Wildman–Crippen LogP) is 4.11. The number of hydrogen-bond donors (Lipinski definition) is 2. The van der Waals surface area contributed by atoms with Gasteiger partial charge in [0.05, 0.1) is 19.9 Å². The summed E-state index contributed by atoms with van der Waals surface area (Å²) in [4.78, 5) is 24.6. The summed E-state index contributed by atoms with van der Waals surface area (Å²) in [6.45, 7) is 1.77. The van der Waals surface area contributed by atoms with Crippen LogP contribution in [0.25, 0.3) is 0 Å². The zero-order chi connectivity index (χ0) is 22.2. The lowest BCUT2D eigenvalue weighted by molar-refractivity contribution is 0.0954. The van der Waals surface area contributed by atoms with Crippen molar-refractivity contribution < 1.29 is 19.1 Å². The van der Waals surface area contributed by atoms with Crippen LogP contribution in [0.4, 0.5) is 5.69 Å². The number of ether oxygens (including phenoxy) is 2. The Bertz CT molecular complexity index is 1090. The van der Waals surface area contributed by atoms with Gasteiger partial charge < -0.3 is 14.8 Å². The van der Waals surface area contributed by atoms with Crippen LogP contribution in [-0.4, -0.2) is 31.7 Å². The molecule has 2 amide bonds. The molecule has 0 radical (unpaired) electrons. The van der Waals surface area contributed by atoms with Crippen LogP contribution in [0.2, 0.25) is 0 Å². The number of rotatable bonds is 7. The summed E-state index contributed by atoms with van der Waals surface area (Å²) in [5.41, 5.74) is 5.42. The van der Waals surface area contributed by atoms with Gasteiger partial charge in [-0.3, -0.25) is 9.59 Å². The van der Waals surface area contributed by atoms with Crippen LogP contribution in [0.1, 0.15) is 33.2 Å². The third kappa shape index (κ3) is 5.48. The number of hydrogen-bond acceptors (Lipinski definition) is 5. The Balaban J connectivity index is 1.65. The fourth-order valence-corrected chi connectivity index (χ4v) is 2.85. The van der Waals surface area contributed by atoms with Crippen molar-refractivity contribution in [3.8, 4) is 11.5 Å². The first-order valence-electron chi connectivity index (χ1n) is 9.55. The largest absolute Gasteiger partial charge is 0.497 e. The number of methoxy groups -OCH3 is 2. The molecule has 31 heavy (non-hydrogen) atoms. The van der Waals surface area contributed by atoms with E-state index in [0.717, 1.165) is 5.56 Å². The van der Waals surface area contributed by atoms with Crippen molar-refractivity contribution in [1.29, 1.82) is 0 Å². The molecule has 7 nitrogen and oxygen atoms in total. The molecule has 0 aliphatic carbocycles. The van der Waals surface area contributed by atoms with E-state index >= 15 is 0 Å². The Hall–Kier alpha value is -4.13. The highest BCUT2D eigenvalue weighted by Crippen LogP contribution is 2.25. The van der Waals surface area contributed by atoms with E-state index in [1.54, 1.807) is 81.8 Å². The van der Waals surface area contributed by atoms with E-state index in [1.807, 2.05) is 12.1 Å². The molecule has 0 unspecified atom stereocenters. The molecule has 2 N–H and O–H groups in total. The van der Waals surface area contributed by atoms with E-state index < -0.39 is 0 Å². The van der Waals surface area contributed by atoms with Crippen molar-refractivity contribution in [1.82, 2.24) is 5.43 Å². The van der Waals surface area contributed by atoms with Gasteiger partial charge in [-0.1, -0.05) is 18.2 Å². The highest BCUT2D eigenvalue weighted by atomic mass is 16.5. The molecule has 0 saturated heterocycles. The maximum Gasteiger partial charge on any atom is 0.271 e. The maximum absolute atomic E-state index is 12.4. The van der Waals surface area contributed by atoms with E-state index in [1.165, 1.54) is 0 Å². The Morgan fingerprint density at radius 3 is 2.13 bits per heavy atom. The number of anilines is 1. The van der Waals surface area contributed by atoms with Gasteiger partial charge in [0.1, 0.15) is 11.5 Å². The fraction of sp³-hybridized carbons (Fsp3) is 0.125. The second-order valence-electron chi connectivity index (χ2n) is 6.60. The van der Waals surface area contributed by atoms with Gasteiger partial charge in [-0.05, 0) is 55.5 Å². The van der Waals surface area contributed by atoms with Gasteiger partial charge >= 0.3 is 0 Å². The van der Waals surface area contributed by atoms with Crippen LogP contribution < -0.4 is 20.2 Å². The lowest BCUT2D eigenvalue weighted by atomic mass is 10.1. The summed E-state index contributed by atoms with van der Waals surface area (Å²) >= 11 is 0. The molecule has 3 aromatic rings. The molecule has 0 spiro atoms. The highest BCUT2D eigenvalue weighted by Gasteiger charge is 2.10. The minimum atomic E-state index is -0.368. The SMILES string of the molecule is COc1ccc(C(C)=NNC(=O)c2ccc(NC(=O)c3ccccc3)cc2)c(OC)c1. The highest BCUT2D eigenvalue weighted by molar-refractivity contribution is 6.05. The maximum atomic E-state index is 12.4. The van der Waals surface area contributed by atoms with Crippen molar-refractivity contribution in [2.24, 2.45) is 5.10 Å². The number of nitrogens with one attached hydrogen (secondary N) is 2. The van der Waals surface area contributed by atoms with Crippen molar-refractivity contribution in [3.63, 3.8) is 0 Å². The van der Waals surface area contributed by atoms with E-state index in [2.05, 4.69) is 15.8 Å². The zero-order valence-electron chi connectivity index (χ0n) is 17.5. The topological polar surface area (TPSA) is 89.0 Å². The van der Waals surface area contributed by atoms with Crippen LogP contribution in [-0.2, 0) is 0 Å². The van der Waals surface area contributed by atoms with Crippen molar-refractivity contribution in [2.75, 3.05) is 19.5 Å². The first-order chi connectivity index (χ1) is 15.0. The molecule has 0 bridgehead atoms. The summed E-state index contributed by atoms with van der Waals surface area (Å²) in [7, 11) is 3.14. The number of hydrazone groups is 1. The van der Waals surface area contributed by atoms with Gasteiger partial charge in [0.15, 0.2) is 0 Å². The molecule has 158 valence electrons. The van der Waals surface area contributed by atoms with Gasteiger partial charge in [0, 0.05) is 28.4 Å². The standard InChI is InChI=1S/C24H23N3O4/c1-16(21-14-13-20(30-2)15-22(21)31-3)26-27-24(29)18-9-11-19(12-10-18)25-23(28)17-7-5-4-6-8-17/h4-15H,1-3H3,(H,25,28)(H,27,29). The molecule has 0 aromatic heterocycles. The third-order valence-corrected chi connectivity index (χ3v) is 4.56. The second-order valence-corrected chi connectivity index (χ2v) is 6.60. The summed E-state index contributed by atoms with van der Waals surface area (Å²) in [5.74, 6) is 0.671. The second kappa shape index (κ2) is 10.1. The first-order valence-corrected chi connectivity index (χ1v) is 9.55. The molecule has 0 heterocycles. The van der Waals surface area contributed by atoms with Gasteiger partial charge in [-0.2, -0.15) is 5.10 Å². The number of carbonyl (C=O) groups excluding carboxylic acids is 2. The molecule has 0 saturated carbocycles. The Morgan fingerprint density at radius 2 is 1.48 bits per heavy atom. The normalized spacial score (nSPS) is 10.9. The van der Waals surface area contributed by atoms with Crippen LogP contribution in [0.15, 0.2) is 77.9 Å². The molecule has 3 aromatic carbocycles. The lowest BCUT2D eigenvalue weighted by Crippen LogP contribution is -2.19. The van der Waals surface area contributed by atoms with Crippen molar-refractivity contribution >= 4 is 23.2 Å². The minimum absolute atomic E-state index is 0.216. The van der Waals surface area contributed by atoms with Gasteiger partial charge in [-0.15, -0.1) is 0 Å². The minimum Gasteiger partial charge on any atom is -0.497 e. The molecule has 0 atom stereocenters. The number of nitrogens with zero attached hydrogens (tertiary/aromatic N) is 1. The smallest absolute Gasteiger partial charge is 0.271 e. The summed E-state index contributed by atoms with van der Waals surface area (Å²) in [6, 6.07) is 20.8. The molecule has 3 rings (SSSR count). The van der Waals surface area contributed by atoms with Crippen molar-refractivity contribution in [3.05, 3.63) is 89.5 Å². The Kier molecular flexibility index (Phi) is 7.01. The predicted molar refractivity (Wildman–Crippen MR) is 120 cm³/mol. The first kappa shape index (κ1) is 21.6. The van der Waals surface area contributed by atoms with Gasteiger partial charge in [0.2, 0.25) is 0 Å². The van der Waals surface area contributed by atoms with Gasteiger partial charge in [0.25, 0.3) is 11.8 Å². The molecule has 0 aliphatic heterocycles. The summed E-state index contributed by atoms with van der Waals surface area (Å²) < 4.78 is 10.6. The summed E-state index contributed by atoms with van der Waals surface area (Å²) in [5, 5.41) is 6.97. The monoisotopic (exact) mass is 417 g/mol. The molecule has 0 aliphatic rings. The summed E-state index contributed by atoms with van der Waals surface area (Å²) in [6.07, 6.45) is 0. The quantitative estimate of drug-likeness (QED) is 0.447. The van der Waals surface area contributed by atoms with Gasteiger partial charge in [-0.25, -0.2) is 5.43 Å². The number of amides is 2. The molecular weight excluding hydrogens is 394 g/mol.